The number of carbonyl (C=O) groups excluding carboxylic acids is 1. The van der Waals surface area contributed by atoms with Gasteiger partial charge in [-0.3, -0.25) is 0 Å². The Kier molecular flexibility index (Phi) is 4.34. The highest BCUT2D eigenvalue weighted by Crippen LogP contribution is 2.38. The third-order valence-corrected chi connectivity index (χ3v) is 4.93. The van der Waals surface area contributed by atoms with Gasteiger partial charge in [-0.05, 0) is 36.2 Å². The van der Waals surface area contributed by atoms with Crippen LogP contribution in [0.1, 0.15) is 16.5 Å². The van der Waals surface area contributed by atoms with Crippen LogP contribution in [0.15, 0.2) is 48.5 Å². The lowest BCUT2D eigenvalue weighted by Gasteiger charge is -2.24. The minimum atomic E-state index is -0.274. The summed E-state index contributed by atoms with van der Waals surface area (Å²) in [4.78, 5) is 14.3. The fraction of sp³-hybridized carbons (Fsp3) is 0.235. The molecule has 1 atom stereocenters. The Labute approximate surface area is 133 Å². The Hall–Kier alpha value is -2.01. The van der Waals surface area contributed by atoms with Crippen LogP contribution in [-0.4, -0.2) is 23.2 Å². The van der Waals surface area contributed by atoms with Crippen molar-refractivity contribution in [1.29, 1.82) is 0 Å². The van der Waals surface area contributed by atoms with E-state index in [0.717, 1.165) is 22.6 Å². The smallest absolute Gasteiger partial charge is 0.308 e. The monoisotopic (exact) mass is 316 g/mol. The molecule has 0 saturated carbocycles. The van der Waals surface area contributed by atoms with Crippen LogP contribution in [0.3, 0.4) is 0 Å². The summed E-state index contributed by atoms with van der Waals surface area (Å²) in [5.74, 6) is 0.576. The molecule has 3 nitrogen and oxygen atoms in total. The van der Waals surface area contributed by atoms with Gasteiger partial charge in [0.05, 0.1) is 0 Å². The van der Waals surface area contributed by atoms with E-state index in [1.807, 2.05) is 37.3 Å². The number of nitrogens with zero attached hydrogens (tertiary/aromatic N) is 1. The molecule has 114 valence electrons. The van der Waals surface area contributed by atoms with Crippen molar-refractivity contribution in [3.05, 3.63) is 65.5 Å². The highest BCUT2D eigenvalue weighted by molar-refractivity contribution is 7.99. The Morgan fingerprint density at radius 1 is 1.27 bits per heavy atom. The molecule has 1 saturated heterocycles. The number of benzene rings is 2. The van der Waals surface area contributed by atoms with Crippen LogP contribution in [0, 0.1) is 12.7 Å². The number of urea groups is 1. The van der Waals surface area contributed by atoms with E-state index in [1.165, 1.54) is 12.1 Å². The molecule has 1 aliphatic heterocycles. The van der Waals surface area contributed by atoms with E-state index in [4.69, 9.17) is 0 Å². The summed E-state index contributed by atoms with van der Waals surface area (Å²) in [5, 5.41) is 2.81. The number of carbonyl (C=O) groups is 1. The molecule has 1 aliphatic rings. The van der Waals surface area contributed by atoms with Gasteiger partial charge >= 0.3 is 6.03 Å². The Balaban J connectivity index is 1.78. The summed E-state index contributed by atoms with van der Waals surface area (Å²) >= 11 is 1.65. The van der Waals surface area contributed by atoms with Crippen molar-refractivity contribution in [2.45, 2.75) is 12.3 Å². The molecule has 1 N–H and O–H groups in total. The van der Waals surface area contributed by atoms with Gasteiger partial charge < -0.3 is 10.2 Å². The van der Waals surface area contributed by atoms with Crippen LogP contribution in [0.25, 0.3) is 0 Å². The van der Waals surface area contributed by atoms with Gasteiger partial charge in [-0.2, -0.15) is 0 Å². The van der Waals surface area contributed by atoms with Gasteiger partial charge in [0.1, 0.15) is 11.2 Å². The first kappa shape index (κ1) is 14.9. The zero-order chi connectivity index (χ0) is 15.5. The van der Waals surface area contributed by atoms with E-state index in [1.54, 1.807) is 22.7 Å². The fourth-order valence-corrected chi connectivity index (χ4v) is 3.76. The largest absolute Gasteiger partial charge is 0.323 e. The van der Waals surface area contributed by atoms with E-state index < -0.39 is 0 Å². The van der Waals surface area contributed by atoms with Crippen molar-refractivity contribution in [3.63, 3.8) is 0 Å². The van der Waals surface area contributed by atoms with E-state index >= 15 is 0 Å². The minimum Gasteiger partial charge on any atom is -0.308 e. The SMILES string of the molecule is Cc1ccccc1NC(=O)N1CCS[C@H]1c1cccc(F)c1. The summed E-state index contributed by atoms with van der Waals surface area (Å²) in [7, 11) is 0. The standard InChI is InChI=1S/C17H17FN2OS/c1-12-5-2-3-8-15(12)19-17(21)20-9-10-22-16(20)13-6-4-7-14(18)11-13/h2-8,11,16H,9-10H2,1H3,(H,19,21)/t16-/m0/s1. The highest BCUT2D eigenvalue weighted by atomic mass is 32.2. The van der Waals surface area contributed by atoms with Gasteiger partial charge in [0.15, 0.2) is 0 Å². The predicted molar refractivity (Wildman–Crippen MR) is 88.5 cm³/mol. The summed E-state index contributed by atoms with van der Waals surface area (Å²) < 4.78 is 13.4. The molecule has 0 unspecified atom stereocenters. The van der Waals surface area contributed by atoms with Crippen LogP contribution in [0.4, 0.5) is 14.9 Å². The molecule has 0 aromatic heterocycles. The van der Waals surface area contributed by atoms with E-state index in [0.29, 0.717) is 6.54 Å². The van der Waals surface area contributed by atoms with Crippen molar-refractivity contribution in [3.8, 4) is 0 Å². The van der Waals surface area contributed by atoms with Crippen molar-refractivity contribution in [2.24, 2.45) is 0 Å². The average molecular weight is 316 g/mol. The lowest BCUT2D eigenvalue weighted by Crippen LogP contribution is -2.34. The van der Waals surface area contributed by atoms with Crippen LogP contribution in [0.5, 0.6) is 0 Å². The van der Waals surface area contributed by atoms with Gasteiger partial charge in [-0.15, -0.1) is 11.8 Å². The van der Waals surface area contributed by atoms with Crippen molar-refractivity contribution in [1.82, 2.24) is 4.90 Å². The molecule has 2 amide bonds. The molecule has 0 bridgehead atoms. The normalized spacial score (nSPS) is 17.5. The maximum Gasteiger partial charge on any atom is 0.323 e. The quantitative estimate of drug-likeness (QED) is 0.890. The summed E-state index contributed by atoms with van der Waals surface area (Å²) in [5.41, 5.74) is 2.65. The first-order valence-corrected chi connectivity index (χ1v) is 8.20. The van der Waals surface area contributed by atoms with Gasteiger partial charge in [0.2, 0.25) is 0 Å². The van der Waals surface area contributed by atoms with E-state index in [-0.39, 0.29) is 17.2 Å². The fourth-order valence-electron chi connectivity index (χ4n) is 2.51. The van der Waals surface area contributed by atoms with Crippen molar-refractivity contribution in [2.75, 3.05) is 17.6 Å². The van der Waals surface area contributed by atoms with Crippen LogP contribution >= 0.6 is 11.8 Å². The maximum absolute atomic E-state index is 13.4. The molecule has 5 heteroatoms. The molecule has 0 spiro atoms. The molecule has 0 aliphatic carbocycles. The van der Waals surface area contributed by atoms with E-state index in [9.17, 15) is 9.18 Å². The zero-order valence-corrected chi connectivity index (χ0v) is 13.1. The Bertz CT molecular complexity index is 692. The lowest BCUT2D eigenvalue weighted by atomic mass is 10.2. The summed E-state index contributed by atoms with van der Waals surface area (Å²) in [6.45, 7) is 2.61. The molecule has 2 aromatic rings. The zero-order valence-electron chi connectivity index (χ0n) is 12.3. The number of nitrogens with one attached hydrogen (secondary N) is 1. The number of aryl methyl sites for hydroxylation is 1. The number of halogens is 1. The second-order valence-electron chi connectivity index (χ2n) is 5.22. The molecule has 1 fully saturated rings. The number of hydrogen-bond acceptors (Lipinski definition) is 2. The third kappa shape index (κ3) is 3.09. The van der Waals surface area contributed by atoms with Gasteiger partial charge in [-0.25, -0.2) is 9.18 Å². The molecule has 22 heavy (non-hydrogen) atoms. The number of rotatable bonds is 2. The number of amides is 2. The molecule has 1 heterocycles. The van der Waals surface area contributed by atoms with Crippen LogP contribution < -0.4 is 5.32 Å². The lowest BCUT2D eigenvalue weighted by molar-refractivity contribution is 0.214. The van der Waals surface area contributed by atoms with Crippen LogP contribution in [0.2, 0.25) is 0 Å². The Morgan fingerprint density at radius 3 is 2.86 bits per heavy atom. The third-order valence-electron chi connectivity index (χ3n) is 3.67. The van der Waals surface area contributed by atoms with Crippen molar-refractivity contribution < 1.29 is 9.18 Å². The summed E-state index contributed by atoms with van der Waals surface area (Å²) in [6, 6.07) is 14.0. The predicted octanol–water partition coefficient (Wildman–Crippen LogP) is 4.41. The first-order valence-electron chi connectivity index (χ1n) is 7.15. The second kappa shape index (κ2) is 6.40. The van der Waals surface area contributed by atoms with Gasteiger partial charge in [0.25, 0.3) is 0 Å². The molecule has 3 rings (SSSR count). The Morgan fingerprint density at radius 2 is 2.09 bits per heavy atom. The maximum atomic E-state index is 13.4. The topological polar surface area (TPSA) is 32.3 Å². The number of para-hydroxylation sites is 1. The number of hydrogen-bond donors (Lipinski definition) is 1. The first-order chi connectivity index (χ1) is 10.6. The van der Waals surface area contributed by atoms with E-state index in [2.05, 4.69) is 5.32 Å². The van der Waals surface area contributed by atoms with Crippen LogP contribution in [-0.2, 0) is 0 Å². The van der Waals surface area contributed by atoms with Gasteiger partial charge in [-0.1, -0.05) is 30.3 Å². The highest BCUT2D eigenvalue weighted by Gasteiger charge is 2.31. The molecular formula is C17H17FN2OS. The minimum absolute atomic E-state index is 0.139. The molecular weight excluding hydrogens is 299 g/mol. The molecule has 2 aromatic carbocycles. The number of thioether (sulfide) groups is 1. The average Bonchev–Trinajstić information content (AvgIpc) is 2.99. The number of anilines is 1. The summed E-state index contributed by atoms with van der Waals surface area (Å²) in [6.07, 6.45) is 0. The van der Waals surface area contributed by atoms with Gasteiger partial charge in [0, 0.05) is 18.0 Å². The second-order valence-corrected chi connectivity index (χ2v) is 6.40. The molecule has 0 radical (unpaired) electrons. The van der Waals surface area contributed by atoms with Crippen molar-refractivity contribution >= 4 is 23.5 Å².